The number of nitrogens with one attached hydrogen (secondary N) is 1. The van der Waals surface area contributed by atoms with Gasteiger partial charge in [-0.25, -0.2) is 13.6 Å². The minimum Gasteiger partial charge on any atom is -0.491 e. The molecule has 0 fully saturated rings. The molecule has 22 heavy (non-hydrogen) atoms. The Kier molecular flexibility index (Phi) is 5.05. The van der Waals surface area contributed by atoms with E-state index < -0.39 is 10.0 Å². The van der Waals surface area contributed by atoms with Gasteiger partial charge in [-0.05, 0) is 55.8 Å². The molecule has 0 heterocycles. The molecule has 0 atom stereocenters. The summed E-state index contributed by atoms with van der Waals surface area (Å²) in [7, 11) is -3.65. The Bertz CT molecular complexity index is 725. The molecule has 0 saturated heterocycles. The van der Waals surface area contributed by atoms with Gasteiger partial charge < -0.3 is 10.1 Å². The van der Waals surface area contributed by atoms with Gasteiger partial charge in [-0.3, -0.25) is 0 Å². The molecule has 5 nitrogen and oxygen atoms in total. The third-order valence-corrected chi connectivity index (χ3v) is 3.88. The Hall–Kier alpha value is -2.05. The lowest BCUT2D eigenvalue weighted by molar-refractivity contribution is 0.242. The molecule has 3 N–H and O–H groups in total. The molecule has 2 rings (SSSR count). The fraction of sp³-hybridized carbons (Fsp3) is 0.250. The van der Waals surface area contributed by atoms with Gasteiger partial charge in [-0.1, -0.05) is 12.1 Å². The van der Waals surface area contributed by atoms with E-state index in [0.717, 1.165) is 17.0 Å². The van der Waals surface area contributed by atoms with Gasteiger partial charge in [0.2, 0.25) is 10.0 Å². The highest BCUT2D eigenvalue weighted by molar-refractivity contribution is 7.89. The monoisotopic (exact) mass is 320 g/mol. The topological polar surface area (TPSA) is 81.4 Å². The standard InChI is InChI=1S/C16H20N2O3S/c1-12(2)21-15-5-3-4-13(10-15)11-18-14-6-8-16(9-7-14)22(17,19)20/h3-10,12,18H,11H2,1-2H3,(H2,17,19,20). The van der Waals surface area contributed by atoms with Gasteiger partial charge in [0, 0.05) is 12.2 Å². The molecule has 0 saturated carbocycles. The molecule has 0 aromatic heterocycles. The predicted molar refractivity (Wildman–Crippen MR) is 87.3 cm³/mol. The number of ether oxygens (including phenoxy) is 1. The Morgan fingerprint density at radius 1 is 1.14 bits per heavy atom. The summed E-state index contributed by atoms with van der Waals surface area (Å²) in [4.78, 5) is 0.102. The van der Waals surface area contributed by atoms with Gasteiger partial charge in [0.15, 0.2) is 0 Å². The van der Waals surface area contributed by atoms with E-state index in [2.05, 4.69) is 5.32 Å². The van der Waals surface area contributed by atoms with Crippen LogP contribution in [0.2, 0.25) is 0 Å². The van der Waals surface area contributed by atoms with E-state index in [4.69, 9.17) is 9.88 Å². The van der Waals surface area contributed by atoms with Crippen LogP contribution in [-0.4, -0.2) is 14.5 Å². The van der Waals surface area contributed by atoms with E-state index in [9.17, 15) is 8.42 Å². The molecule has 2 aromatic carbocycles. The molecular formula is C16H20N2O3S. The molecule has 0 unspecified atom stereocenters. The number of sulfonamides is 1. The first kappa shape index (κ1) is 16.3. The van der Waals surface area contributed by atoms with E-state index >= 15 is 0 Å². The first-order chi connectivity index (χ1) is 10.3. The maximum absolute atomic E-state index is 11.2. The van der Waals surface area contributed by atoms with Crippen LogP contribution in [-0.2, 0) is 16.6 Å². The van der Waals surface area contributed by atoms with Crippen LogP contribution in [0.5, 0.6) is 5.75 Å². The second-order valence-corrected chi connectivity index (χ2v) is 6.80. The first-order valence-electron chi connectivity index (χ1n) is 6.97. The van der Waals surface area contributed by atoms with E-state index in [-0.39, 0.29) is 11.0 Å². The molecule has 2 aromatic rings. The van der Waals surface area contributed by atoms with Crippen LogP contribution in [0.25, 0.3) is 0 Å². The van der Waals surface area contributed by atoms with Gasteiger partial charge in [0.05, 0.1) is 11.0 Å². The number of rotatable bonds is 6. The summed E-state index contributed by atoms with van der Waals surface area (Å²) in [6.07, 6.45) is 0.133. The lowest BCUT2D eigenvalue weighted by Gasteiger charge is -2.12. The van der Waals surface area contributed by atoms with Gasteiger partial charge in [-0.2, -0.15) is 0 Å². The molecule has 0 aliphatic carbocycles. The fourth-order valence-corrected chi connectivity index (χ4v) is 2.48. The second kappa shape index (κ2) is 6.81. The van der Waals surface area contributed by atoms with Gasteiger partial charge in [0.1, 0.15) is 5.75 Å². The SMILES string of the molecule is CC(C)Oc1cccc(CNc2ccc(S(N)(=O)=O)cc2)c1. The van der Waals surface area contributed by atoms with E-state index in [0.29, 0.717) is 6.54 Å². The van der Waals surface area contributed by atoms with Crippen molar-refractivity contribution >= 4 is 15.7 Å². The van der Waals surface area contributed by atoms with Gasteiger partial charge in [0.25, 0.3) is 0 Å². The highest BCUT2D eigenvalue weighted by Crippen LogP contribution is 2.17. The van der Waals surface area contributed by atoms with Crippen molar-refractivity contribution in [3.63, 3.8) is 0 Å². The summed E-state index contributed by atoms with van der Waals surface area (Å²) < 4.78 is 28.0. The Morgan fingerprint density at radius 3 is 2.41 bits per heavy atom. The molecule has 0 aliphatic heterocycles. The van der Waals surface area contributed by atoms with Crippen molar-refractivity contribution in [3.05, 3.63) is 54.1 Å². The molecular weight excluding hydrogens is 300 g/mol. The lowest BCUT2D eigenvalue weighted by Crippen LogP contribution is -2.12. The summed E-state index contributed by atoms with van der Waals surface area (Å²) in [5.74, 6) is 0.832. The van der Waals surface area contributed by atoms with Gasteiger partial charge in [-0.15, -0.1) is 0 Å². The van der Waals surface area contributed by atoms with Crippen molar-refractivity contribution in [3.8, 4) is 5.75 Å². The maximum Gasteiger partial charge on any atom is 0.238 e. The van der Waals surface area contributed by atoms with Crippen LogP contribution >= 0.6 is 0 Å². The van der Waals surface area contributed by atoms with Crippen LogP contribution in [0, 0.1) is 0 Å². The third-order valence-electron chi connectivity index (χ3n) is 2.95. The average molecular weight is 320 g/mol. The Morgan fingerprint density at radius 2 is 1.82 bits per heavy atom. The molecule has 0 bridgehead atoms. The van der Waals surface area contributed by atoms with Crippen molar-refractivity contribution in [2.24, 2.45) is 5.14 Å². The van der Waals surface area contributed by atoms with Crippen LogP contribution in [0.4, 0.5) is 5.69 Å². The van der Waals surface area contributed by atoms with Crippen molar-refractivity contribution in [2.45, 2.75) is 31.4 Å². The average Bonchev–Trinajstić information content (AvgIpc) is 2.44. The van der Waals surface area contributed by atoms with Crippen LogP contribution in [0.1, 0.15) is 19.4 Å². The zero-order chi connectivity index (χ0) is 16.2. The van der Waals surface area contributed by atoms with Crippen molar-refractivity contribution in [2.75, 3.05) is 5.32 Å². The summed E-state index contributed by atoms with van der Waals surface area (Å²) in [5.41, 5.74) is 1.90. The molecule has 6 heteroatoms. The zero-order valence-electron chi connectivity index (χ0n) is 12.6. The largest absolute Gasteiger partial charge is 0.491 e. The van der Waals surface area contributed by atoms with Crippen LogP contribution in [0.15, 0.2) is 53.4 Å². The third kappa shape index (κ3) is 4.75. The summed E-state index contributed by atoms with van der Waals surface area (Å²) in [5, 5.41) is 8.30. The van der Waals surface area contributed by atoms with Crippen molar-refractivity contribution in [1.29, 1.82) is 0 Å². The number of primary sulfonamides is 1. The number of benzene rings is 2. The van der Waals surface area contributed by atoms with E-state index in [1.165, 1.54) is 12.1 Å². The highest BCUT2D eigenvalue weighted by Gasteiger charge is 2.06. The molecule has 0 aliphatic rings. The normalized spacial score (nSPS) is 11.5. The molecule has 0 amide bonds. The molecule has 0 radical (unpaired) electrons. The quantitative estimate of drug-likeness (QED) is 0.857. The minimum atomic E-state index is -3.65. The highest BCUT2D eigenvalue weighted by atomic mass is 32.2. The maximum atomic E-state index is 11.2. The van der Waals surface area contributed by atoms with Crippen LogP contribution in [0.3, 0.4) is 0 Å². The fourth-order valence-electron chi connectivity index (χ4n) is 1.97. The Labute approximate surface area is 131 Å². The summed E-state index contributed by atoms with van der Waals surface area (Å²) in [6, 6.07) is 14.2. The second-order valence-electron chi connectivity index (χ2n) is 5.24. The van der Waals surface area contributed by atoms with Gasteiger partial charge >= 0.3 is 0 Å². The predicted octanol–water partition coefficient (Wildman–Crippen LogP) is 2.73. The first-order valence-corrected chi connectivity index (χ1v) is 8.51. The number of hydrogen-bond acceptors (Lipinski definition) is 4. The molecule has 0 spiro atoms. The smallest absolute Gasteiger partial charge is 0.238 e. The van der Waals surface area contributed by atoms with Crippen LogP contribution < -0.4 is 15.2 Å². The summed E-state index contributed by atoms with van der Waals surface area (Å²) >= 11 is 0. The summed E-state index contributed by atoms with van der Waals surface area (Å²) in [6.45, 7) is 4.58. The van der Waals surface area contributed by atoms with Crippen molar-refractivity contribution in [1.82, 2.24) is 0 Å². The minimum absolute atomic E-state index is 0.102. The molecule has 118 valence electrons. The van der Waals surface area contributed by atoms with Crippen molar-refractivity contribution < 1.29 is 13.2 Å². The van der Waals surface area contributed by atoms with E-state index in [1.54, 1.807) is 12.1 Å². The number of hydrogen-bond donors (Lipinski definition) is 2. The Balaban J connectivity index is 2.01. The zero-order valence-corrected chi connectivity index (χ0v) is 13.4. The lowest BCUT2D eigenvalue weighted by atomic mass is 10.2. The number of nitrogens with two attached hydrogens (primary N) is 1. The number of anilines is 1. The van der Waals surface area contributed by atoms with E-state index in [1.807, 2.05) is 38.1 Å².